The summed E-state index contributed by atoms with van der Waals surface area (Å²) in [5, 5.41) is 0.994. The Kier molecular flexibility index (Phi) is 6.28. The highest BCUT2D eigenvalue weighted by Crippen LogP contribution is 2.31. The summed E-state index contributed by atoms with van der Waals surface area (Å²) in [6.45, 7) is 1.75. The summed E-state index contributed by atoms with van der Waals surface area (Å²) in [4.78, 5) is 14.1. The molecule has 6 heteroatoms. The second-order valence-electron chi connectivity index (χ2n) is 6.29. The van der Waals surface area contributed by atoms with Crippen molar-refractivity contribution in [2.24, 2.45) is 0 Å². The average molecular weight is 394 g/mol. The smallest absolute Gasteiger partial charge is 0.222 e. The maximum Gasteiger partial charge on any atom is 0.222 e. The second kappa shape index (κ2) is 8.65. The number of amides is 1. The Bertz CT molecular complexity index is 795. The molecule has 0 radical (unpaired) electrons. The monoisotopic (exact) mass is 393 g/mol. The fourth-order valence-electron chi connectivity index (χ4n) is 2.82. The summed E-state index contributed by atoms with van der Waals surface area (Å²) in [6.07, 6.45) is 1.93. The van der Waals surface area contributed by atoms with Crippen LogP contribution in [0.4, 0.5) is 0 Å². The first-order valence-electron chi connectivity index (χ1n) is 8.60. The first-order chi connectivity index (χ1) is 12.5. The van der Waals surface area contributed by atoms with Crippen LogP contribution in [0.2, 0.25) is 10.0 Å². The molecule has 26 heavy (non-hydrogen) atoms. The van der Waals surface area contributed by atoms with Crippen molar-refractivity contribution in [3.05, 3.63) is 57.6 Å². The zero-order valence-corrected chi connectivity index (χ0v) is 16.1. The van der Waals surface area contributed by atoms with Gasteiger partial charge in [0.05, 0.1) is 23.3 Å². The number of hydrogen-bond donors (Lipinski definition) is 0. The molecule has 138 valence electrons. The topological polar surface area (TPSA) is 38.8 Å². The molecule has 0 spiro atoms. The van der Waals surface area contributed by atoms with Crippen LogP contribution in [0.25, 0.3) is 0 Å². The lowest BCUT2D eigenvalue weighted by Gasteiger charge is -2.18. The lowest BCUT2D eigenvalue weighted by Crippen LogP contribution is -2.26. The van der Waals surface area contributed by atoms with Crippen molar-refractivity contribution in [3.8, 4) is 11.5 Å². The van der Waals surface area contributed by atoms with Gasteiger partial charge in [-0.3, -0.25) is 4.79 Å². The highest BCUT2D eigenvalue weighted by atomic mass is 35.5. The molecule has 0 saturated heterocycles. The van der Waals surface area contributed by atoms with Gasteiger partial charge in [0, 0.05) is 26.4 Å². The SMILES string of the molecule is CN(Cc1cccc(Cl)c1Cl)C(=O)CCc1ccc2c(c1)OCCCO2. The van der Waals surface area contributed by atoms with Crippen molar-refractivity contribution >= 4 is 29.1 Å². The maximum atomic E-state index is 12.5. The molecule has 0 saturated carbocycles. The number of benzene rings is 2. The van der Waals surface area contributed by atoms with Crippen molar-refractivity contribution in [1.29, 1.82) is 0 Å². The quantitative estimate of drug-likeness (QED) is 0.735. The van der Waals surface area contributed by atoms with Crippen LogP contribution in [-0.4, -0.2) is 31.1 Å². The molecule has 1 amide bonds. The number of rotatable bonds is 5. The van der Waals surface area contributed by atoms with Gasteiger partial charge in [-0.15, -0.1) is 0 Å². The molecular weight excluding hydrogens is 373 g/mol. The van der Waals surface area contributed by atoms with Gasteiger partial charge in [0.1, 0.15) is 0 Å². The van der Waals surface area contributed by atoms with E-state index in [9.17, 15) is 4.79 Å². The molecular formula is C20H21Cl2NO3. The Morgan fingerprint density at radius 1 is 1.12 bits per heavy atom. The van der Waals surface area contributed by atoms with Crippen LogP contribution in [0, 0.1) is 0 Å². The number of ether oxygens (including phenoxy) is 2. The van der Waals surface area contributed by atoms with E-state index in [0.717, 1.165) is 29.0 Å². The summed E-state index contributed by atoms with van der Waals surface area (Å²) >= 11 is 12.2. The van der Waals surface area contributed by atoms with Gasteiger partial charge in [0.2, 0.25) is 5.91 Å². The first-order valence-corrected chi connectivity index (χ1v) is 9.35. The maximum absolute atomic E-state index is 12.5. The van der Waals surface area contributed by atoms with E-state index in [1.807, 2.05) is 30.3 Å². The zero-order chi connectivity index (χ0) is 18.5. The van der Waals surface area contributed by atoms with Gasteiger partial charge in [0.25, 0.3) is 0 Å². The predicted molar refractivity (Wildman–Crippen MR) is 103 cm³/mol. The minimum Gasteiger partial charge on any atom is -0.490 e. The van der Waals surface area contributed by atoms with Crippen LogP contribution in [0.15, 0.2) is 36.4 Å². The number of aryl methyl sites for hydroxylation is 1. The van der Waals surface area contributed by atoms with Gasteiger partial charge in [-0.05, 0) is 35.7 Å². The largest absolute Gasteiger partial charge is 0.490 e. The summed E-state index contributed by atoms with van der Waals surface area (Å²) < 4.78 is 11.3. The molecule has 0 fully saturated rings. The molecule has 1 heterocycles. The number of nitrogens with zero attached hydrogens (tertiary/aromatic N) is 1. The Balaban J connectivity index is 1.58. The van der Waals surface area contributed by atoms with Gasteiger partial charge in [-0.1, -0.05) is 41.4 Å². The normalized spacial score (nSPS) is 13.2. The fourth-order valence-corrected chi connectivity index (χ4v) is 3.20. The van der Waals surface area contributed by atoms with E-state index in [2.05, 4.69) is 0 Å². The summed E-state index contributed by atoms with van der Waals surface area (Å²) in [5.41, 5.74) is 1.89. The van der Waals surface area contributed by atoms with E-state index in [1.165, 1.54) is 0 Å². The van der Waals surface area contributed by atoms with Crippen molar-refractivity contribution in [2.45, 2.75) is 25.8 Å². The van der Waals surface area contributed by atoms with Crippen LogP contribution < -0.4 is 9.47 Å². The molecule has 0 aliphatic carbocycles. The highest BCUT2D eigenvalue weighted by molar-refractivity contribution is 6.42. The molecule has 4 nitrogen and oxygen atoms in total. The third-order valence-electron chi connectivity index (χ3n) is 4.30. The van der Waals surface area contributed by atoms with Gasteiger partial charge in [-0.2, -0.15) is 0 Å². The fraction of sp³-hybridized carbons (Fsp3) is 0.350. The van der Waals surface area contributed by atoms with Crippen LogP contribution in [-0.2, 0) is 17.8 Å². The third-order valence-corrected chi connectivity index (χ3v) is 5.16. The van der Waals surface area contributed by atoms with Crippen molar-refractivity contribution in [1.82, 2.24) is 4.90 Å². The Morgan fingerprint density at radius 2 is 1.88 bits per heavy atom. The number of halogens is 2. The first kappa shape index (κ1) is 18.9. The summed E-state index contributed by atoms with van der Waals surface area (Å²) in [5.74, 6) is 1.57. The molecule has 0 bridgehead atoms. The Labute approximate surface area is 163 Å². The molecule has 0 atom stereocenters. The Hall–Kier alpha value is -1.91. The molecule has 0 unspecified atom stereocenters. The standard InChI is InChI=1S/C20H21Cl2NO3/c1-23(13-15-4-2-5-16(21)20(15)22)19(24)9-7-14-6-8-17-18(12-14)26-11-3-10-25-17/h2,4-6,8,12H,3,7,9-11,13H2,1H3. The van der Waals surface area contributed by atoms with E-state index in [4.69, 9.17) is 32.7 Å². The van der Waals surface area contributed by atoms with Gasteiger partial charge >= 0.3 is 0 Å². The van der Waals surface area contributed by atoms with E-state index in [0.29, 0.717) is 42.6 Å². The molecule has 2 aromatic carbocycles. The van der Waals surface area contributed by atoms with E-state index >= 15 is 0 Å². The van der Waals surface area contributed by atoms with Gasteiger partial charge in [0.15, 0.2) is 11.5 Å². The van der Waals surface area contributed by atoms with Gasteiger partial charge < -0.3 is 14.4 Å². The van der Waals surface area contributed by atoms with Crippen molar-refractivity contribution in [2.75, 3.05) is 20.3 Å². The lowest BCUT2D eigenvalue weighted by atomic mass is 10.1. The molecule has 1 aliphatic heterocycles. The molecule has 0 N–H and O–H groups in total. The second-order valence-corrected chi connectivity index (χ2v) is 7.08. The predicted octanol–water partition coefficient (Wildman–Crippen LogP) is 4.75. The average Bonchev–Trinajstić information content (AvgIpc) is 2.88. The molecule has 3 rings (SSSR count). The molecule has 0 aromatic heterocycles. The van der Waals surface area contributed by atoms with E-state index in [1.54, 1.807) is 18.0 Å². The highest BCUT2D eigenvalue weighted by Gasteiger charge is 2.14. The number of hydrogen-bond acceptors (Lipinski definition) is 3. The summed E-state index contributed by atoms with van der Waals surface area (Å²) in [6, 6.07) is 11.3. The lowest BCUT2D eigenvalue weighted by molar-refractivity contribution is -0.130. The minimum atomic E-state index is 0.0492. The Morgan fingerprint density at radius 3 is 2.69 bits per heavy atom. The van der Waals surface area contributed by atoms with Crippen molar-refractivity contribution < 1.29 is 14.3 Å². The van der Waals surface area contributed by atoms with Crippen LogP contribution >= 0.6 is 23.2 Å². The number of carbonyl (C=O) groups excluding carboxylic acids is 1. The van der Waals surface area contributed by atoms with E-state index < -0.39 is 0 Å². The molecule has 1 aliphatic rings. The van der Waals surface area contributed by atoms with Gasteiger partial charge in [-0.25, -0.2) is 0 Å². The van der Waals surface area contributed by atoms with E-state index in [-0.39, 0.29) is 5.91 Å². The van der Waals surface area contributed by atoms with Crippen LogP contribution in [0.3, 0.4) is 0 Å². The van der Waals surface area contributed by atoms with Crippen LogP contribution in [0.5, 0.6) is 11.5 Å². The number of fused-ring (bicyclic) bond motifs is 1. The number of carbonyl (C=O) groups is 1. The van der Waals surface area contributed by atoms with Crippen molar-refractivity contribution in [3.63, 3.8) is 0 Å². The molecule has 2 aromatic rings. The third kappa shape index (κ3) is 4.63. The van der Waals surface area contributed by atoms with Crippen LogP contribution in [0.1, 0.15) is 24.0 Å². The summed E-state index contributed by atoms with van der Waals surface area (Å²) in [7, 11) is 1.77. The zero-order valence-electron chi connectivity index (χ0n) is 14.6. The minimum absolute atomic E-state index is 0.0492.